The molecule has 0 radical (unpaired) electrons. The summed E-state index contributed by atoms with van der Waals surface area (Å²) in [4.78, 5) is 31.3. The third-order valence-electron chi connectivity index (χ3n) is 4.63. The van der Waals surface area contributed by atoms with Crippen molar-refractivity contribution in [3.8, 4) is 0 Å². The molecule has 1 saturated carbocycles. The van der Waals surface area contributed by atoms with E-state index in [9.17, 15) is 9.59 Å². The molecule has 162 valence electrons. The Hall–Kier alpha value is -1.99. The van der Waals surface area contributed by atoms with Gasteiger partial charge in [0.15, 0.2) is 12.4 Å². The lowest BCUT2D eigenvalue weighted by Crippen LogP contribution is -2.47. The highest BCUT2D eigenvalue weighted by molar-refractivity contribution is 5.88. The summed E-state index contributed by atoms with van der Waals surface area (Å²) < 4.78 is 5.28. The number of likely N-dealkylation sites (N-methyl/N-ethyl adjacent to an activating group) is 1. The van der Waals surface area contributed by atoms with Crippen LogP contribution in [0.25, 0.3) is 0 Å². The van der Waals surface area contributed by atoms with Gasteiger partial charge in [-0.2, -0.15) is 0 Å². The number of rotatable bonds is 8. The summed E-state index contributed by atoms with van der Waals surface area (Å²) in [5.41, 5.74) is 5.41. The number of amides is 2. The molecule has 1 aliphatic rings. The highest BCUT2D eigenvalue weighted by atomic mass is 16.6. The first-order chi connectivity index (χ1) is 13.0. The third-order valence-corrected chi connectivity index (χ3v) is 4.63. The number of hydrogen-bond donors (Lipinski definition) is 2. The molecular formula is C20H38N4O4. The zero-order valence-electron chi connectivity index (χ0n) is 18.3. The molecule has 2 amide bonds. The Morgan fingerprint density at radius 1 is 1.21 bits per heavy atom. The fourth-order valence-corrected chi connectivity index (χ4v) is 3.17. The van der Waals surface area contributed by atoms with Crippen molar-refractivity contribution in [1.82, 2.24) is 10.2 Å². The maximum atomic E-state index is 12.3. The zero-order chi connectivity index (χ0) is 21.3. The van der Waals surface area contributed by atoms with Crippen LogP contribution < -0.4 is 11.1 Å². The van der Waals surface area contributed by atoms with E-state index < -0.39 is 17.7 Å². The van der Waals surface area contributed by atoms with Crippen molar-refractivity contribution in [1.29, 1.82) is 0 Å². The molecule has 0 bridgehead atoms. The predicted molar refractivity (Wildman–Crippen MR) is 110 cm³/mol. The van der Waals surface area contributed by atoms with Crippen molar-refractivity contribution >= 4 is 17.8 Å². The van der Waals surface area contributed by atoms with Crippen LogP contribution in [-0.2, 0) is 14.4 Å². The Labute approximate surface area is 169 Å². The number of carbonyl (C=O) groups is 2. The van der Waals surface area contributed by atoms with E-state index in [0.717, 1.165) is 25.7 Å². The van der Waals surface area contributed by atoms with Crippen LogP contribution in [0.5, 0.6) is 0 Å². The summed E-state index contributed by atoms with van der Waals surface area (Å²) >= 11 is 0. The second-order valence-electron chi connectivity index (χ2n) is 8.91. The van der Waals surface area contributed by atoms with Gasteiger partial charge in [-0.25, -0.2) is 4.79 Å². The van der Waals surface area contributed by atoms with E-state index in [-0.39, 0.29) is 30.3 Å². The lowest BCUT2D eigenvalue weighted by atomic mass is 9.94. The normalized spacial score (nSPS) is 17.2. The molecule has 0 aromatic rings. The van der Waals surface area contributed by atoms with Gasteiger partial charge in [0.25, 0.3) is 5.91 Å². The first-order valence-electron chi connectivity index (χ1n) is 10.2. The van der Waals surface area contributed by atoms with Gasteiger partial charge in [0.1, 0.15) is 5.60 Å². The van der Waals surface area contributed by atoms with Crippen LogP contribution in [0.2, 0.25) is 0 Å². The monoisotopic (exact) mass is 398 g/mol. The lowest BCUT2D eigenvalue weighted by Gasteiger charge is -2.30. The quantitative estimate of drug-likeness (QED) is 0.371. The first-order valence-corrected chi connectivity index (χ1v) is 10.2. The molecule has 8 nitrogen and oxygen atoms in total. The molecule has 28 heavy (non-hydrogen) atoms. The van der Waals surface area contributed by atoms with Crippen molar-refractivity contribution in [2.75, 3.05) is 13.7 Å². The van der Waals surface area contributed by atoms with Crippen LogP contribution in [0.1, 0.15) is 73.1 Å². The average Bonchev–Trinajstić information content (AvgIpc) is 2.59. The minimum Gasteiger partial charge on any atom is -0.444 e. The number of carbonyl (C=O) groups excluding carboxylic acids is 2. The molecule has 0 saturated heterocycles. The third kappa shape index (κ3) is 9.28. The Balaban J connectivity index is 2.59. The number of hydrogen-bond acceptors (Lipinski definition) is 5. The van der Waals surface area contributed by atoms with Crippen LogP contribution in [-0.4, -0.2) is 54.1 Å². The van der Waals surface area contributed by atoms with Crippen LogP contribution in [0, 0.1) is 5.92 Å². The minimum absolute atomic E-state index is 0.118. The van der Waals surface area contributed by atoms with E-state index in [1.165, 1.54) is 6.42 Å². The summed E-state index contributed by atoms with van der Waals surface area (Å²) in [6, 6.07) is -0.255. The number of nitrogens with two attached hydrogens (primary N) is 1. The average molecular weight is 399 g/mol. The zero-order valence-corrected chi connectivity index (χ0v) is 18.3. The van der Waals surface area contributed by atoms with Crippen molar-refractivity contribution < 1.29 is 19.2 Å². The van der Waals surface area contributed by atoms with E-state index in [0.29, 0.717) is 6.42 Å². The van der Waals surface area contributed by atoms with Gasteiger partial charge in [0.2, 0.25) is 0 Å². The molecule has 1 fully saturated rings. The minimum atomic E-state index is -0.606. The highest BCUT2D eigenvalue weighted by Crippen LogP contribution is 2.21. The second kappa shape index (κ2) is 11.1. The second-order valence-corrected chi connectivity index (χ2v) is 8.91. The first kappa shape index (κ1) is 24.0. The molecular weight excluding hydrogens is 360 g/mol. The Bertz CT molecular complexity index is 537. The highest BCUT2D eigenvalue weighted by Gasteiger charge is 2.24. The van der Waals surface area contributed by atoms with Crippen LogP contribution in [0.4, 0.5) is 4.79 Å². The molecule has 0 heterocycles. The van der Waals surface area contributed by atoms with Crippen LogP contribution >= 0.6 is 0 Å². The van der Waals surface area contributed by atoms with Crippen molar-refractivity contribution in [3.05, 3.63) is 0 Å². The lowest BCUT2D eigenvalue weighted by molar-refractivity contribution is -0.137. The SMILES string of the molecule is CC(C)C[C@@H](NC(=O)OC(C)(C)C)/C(N)=N\OCC(=O)N(C)C1CCCCC1. The molecule has 1 rings (SSSR count). The maximum absolute atomic E-state index is 12.3. The summed E-state index contributed by atoms with van der Waals surface area (Å²) in [5, 5.41) is 6.60. The summed E-state index contributed by atoms with van der Waals surface area (Å²) in [7, 11) is 1.81. The number of oxime groups is 1. The van der Waals surface area contributed by atoms with Gasteiger partial charge in [-0.05, 0) is 46.0 Å². The van der Waals surface area contributed by atoms with E-state index in [1.54, 1.807) is 32.7 Å². The topological polar surface area (TPSA) is 106 Å². The molecule has 0 aliphatic heterocycles. The van der Waals surface area contributed by atoms with E-state index >= 15 is 0 Å². The summed E-state index contributed by atoms with van der Waals surface area (Å²) in [6.45, 7) is 9.23. The number of nitrogens with one attached hydrogen (secondary N) is 1. The Morgan fingerprint density at radius 3 is 2.36 bits per heavy atom. The van der Waals surface area contributed by atoms with Crippen molar-refractivity contribution in [2.24, 2.45) is 16.8 Å². The van der Waals surface area contributed by atoms with Crippen molar-refractivity contribution in [3.63, 3.8) is 0 Å². The summed E-state index contributed by atoms with van der Waals surface area (Å²) in [6.07, 6.45) is 5.62. The molecule has 0 aromatic carbocycles. The largest absolute Gasteiger partial charge is 0.444 e. The van der Waals surface area contributed by atoms with Gasteiger partial charge < -0.3 is 25.5 Å². The van der Waals surface area contributed by atoms with E-state index in [4.69, 9.17) is 15.3 Å². The van der Waals surface area contributed by atoms with Crippen LogP contribution in [0.15, 0.2) is 5.16 Å². The van der Waals surface area contributed by atoms with Gasteiger partial charge in [0, 0.05) is 13.1 Å². The molecule has 3 N–H and O–H groups in total. The fourth-order valence-electron chi connectivity index (χ4n) is 3.17. The number of nitrogens with zero attached hydrogens (tertiary/aromatic N) is 2. The molecule has 1 atom stereocenters. The maximum Gasteiger partial charge on any atom is 0.408 e. The smallest absolute Gasteiger partial charge is 0.408 e. The van der Waals surface area contributed by atoms with Gasteiger partial charge in [0.05, 0.1) is 6.04 Å². The summed E-state index contributed by atoms with van der Waals surface area (Å²) in [5.74, 6) is 0.268. The van der Waals surface area contributed by atoms with Crippen LogP contribution in [0.3, 0.4) is 0 Å². The number of amidine groups is 1. The Kier molecular flexibility index (Phi) is 9.55. The van der Waals surface area contributed by atoms with Gasteiger partial charge >= 0.3 is 6.09 Å². The van der Waals surface area contributed by atoms with E-state index in [1.807, 2.05) is 13.8 Å². The molecule has 0 aromatic heterocycles. The predicted octanol–water partition coefficient (Wildman–Crippen LogP) is 3.01. The van der Waals surface area contributed by atoms with Crippen molar-refractivity contribution in [2.45, 2.75) is 90.8 Å². The van der Waals surface area contributed by atoms with E-state index in [2.05, 4.69) is 10.5 Å². The molecule has 8 heteroatoms. The fraction of sp³-hybridized carbons (Fsp3) is 0.850. The van der Waals surface area contributed by atoms with Gasteiger partial charge in [-0.1, -0.05) is 38.3 Å². The molecule has 0 spiro atoms. The molecule has 1 aliphatic carbocycles. The molecule has 0 unspecified atom stereocenters. The Morgan fingerprint density at radius 2 is 1.82 bits per heavy atom. The number of ether oxygens (including phenoxy) is 1. The van der Waals surface area contributed by atoms with Gasteiger partial charge in [-0.3, -0.25) is 4.79 Å². The number of alkyl carbamates (subject to hydrolysis) is 1. The van der Waals surface area contributed by atoms with Gasteiger partial charge in [-0.15, -0.1) is 0 Å². The standard InChI is InChI=1S/C20H38N4O4/c1-14(2)12-16(22-19(26)28-20(3,4)5)18(21)23-27-13-17(25)24(6)15-10-8-7-9-11-15/h14-16H,7-13H2,1-6H3,(H2,21,23)(H,22,26)/t16-/m1/s1.